The standard InChI is InChI=1S/C22H33ClN4O2/c1-2-24-22(29)17-8-7-11-26(15-17)16-21(28)25-14-20(27-12-5-6-13-27)18-9-3-4-10-19(18)23/h3-4,9-10,17,20H,2,5-8,11-16H2,1H3,(H,24,29)(H,25,28). The normalized spacial score (nSPS) is 21.7. The summed E-state index contributed by atoms with van der Waals surface area (Å²) in [6, 6.07) is 8.00. The lowest BCUT2D eigenvalue weighted by Gasteiger charge is -2.32. The zero-order valence-corrected chi connectivity index (χ0v) is 18.1. The highest BCUT2D eigenvalue weighted by atomic mass is 35.5. The summed E-state index contributed by atoms with van der Waals surface area (Å²) in [7, 11) is 0. The molecule has 2 amide bonds. The number of amides is 2. The molecule has 29 heavy (non-hydrogen) atoms. The van der Waals surface area contributed by atoms with E-state index >= 15 is 0 Å². The fraction of sp³-hybridized carbons (Fsp3) is 0.636. The molecule has 2 heterocycles. The first-order chi connectivity index (χ1) is 14.1. The Kier molecular flexibility index (Phi) is 8.33. The number of halogens is 1. The van der Waals surface area contributed by atoms with Gasteiger partial charge in [-0.1, -0.05) is 29.8 Å². The highest BCUT2D eigenvalue weighted by molar-refractivity contribution is 6.31. The molecule has 6 nitrogen and oxygen atoms in total. The van der Waals surface area contributed by atoms with Gasteiger partial charge in [-0.05, 0) is 63.9 Å². The third-order valence-corrected chi connectivity index (χ3v) is 6.28. The lowest BCUT2D eigenvalue weighted by Crippen LogP contribution is -2.47. The zero-order chi connectivity index (χ0) is 20.6. The molecule has 2 fully saturated rings. The minimum Gasteiger partial charge on any atom is -0.356 e. The van der Waals surface area contributed by atoms with Crippen molar-refractivity contribution in [2.45, 2.75) is 38.6 Å². The van der Waals surface area contributed by atoms with Crippen LogP contribution in [0.1, 0.15) is 44.2 Å². The molecule has 0 radical (unpaired) electrons. The Labute approximate surface area is 179 Å². The number of hydrogen-bond donors (Lipinski definition) is 2. The fourth-order valence-electron chi connectivity index (χ4n) is 4.44. The van der Waals surface area contributed by atoms with Crippen molar-refractivity contribution in [3.8, 4) is 0 Å². The number of carbonyl (C=O) groups excluding carboxylic acids is 2. The van der Waals surface area contributed by atoms with Crippen molar-refractivity contribution in [2.75, 3.05) is 45.8 Å². The number of likely N-dealkylation sites (tertiary alicyclic amines) is 2. The Hall–Kier alpha value is -1.63. The van der Waals surface area contributed by atoms with Gasteiger partial charge >= 0.3 is 0 Å². The summed E-state index contributed by atoms with van der Waals surface area (Å²) in [5.74, 6) is 0.0974. The largest absolute Gasteiger partial charge is 0.356 e. The molecule has 1 aromatic carbocycles. The maximum atomic E-state index is 12.6. The van der Waals surface area contributed by atoms with Crippen molar-refractivity contribution >= 4 is 23.4 Å². The third-order valence-electron chi connectivity index (χ3n) is 5.93. The molecule has 0 bridgehead atoms. The summed E-state index contributed by atoms with van der Waals surface area (Å²) >= 11 is 6.45. The Morgan fingerprint density at radius 3 is 2.62 bits per heavy atom. The van der Waals surface area contributed by atoms with Crippen LogP contribution < -0.4 is 10.6 Å². The summed E-state index contributed by atoms with van der Waals surface area (Å²) in [6.07, 6.45) is 4.21. The number of nitrogens with zero attached hydrogens (tertiary/aromatic N) is 2. The molecular formula is C22H33ClN4O2. The van der Waals surface area contributed by atoms with Gasteiger partial charge in [0, 0.05) is 24.7 Å². The van der Waals surface area contributed by atoms with E-state index in [-0.39, 0.29) is 23.8 Å². The quantitative estimate of drug-likeness (QED) is 0.678. The van der Waals surface area contributed by atoms with Crippen LogP contribution in [0.4, 0.5) is 0 Å². The minimum absolute atomic E-state index is 0.0119. The van der Waals surface area contributed by atoms with E-state index in [4.69, 9.17) is 11.6 Å². The molecule has 2 aliphatic heterocycles. The van der Waals surface area contributed by atoms with Crippen LogP contribution in [0, 0.1) is 5.92 Å². The van der Waals surface area contributed by atoms with E-state index in [1.165, 1.54) is 12.8 Å². The van der Waals surface area contributed by atoms with Crippen LogP contribution >= 0.6 is 11.6 Å². The maximum Gasteiger partial charge on any atom is 0.234 e. The Morgan fingerprint density at radius 2 is 1.90 bits per heavy atom. The van der Waals surface area contributed by atoms with Crippen LogP contribution in [-0.4, -0.2) is 67.4 Å². The van der Waals surface area contributed by atoms with E-state index in [0.717, 1.165) is 43.1 Å². The van der Waals surface area contributed by atoms with Gasteiger partial charge in [0.1, 0.15) is 0 Å². The summed E-state index contributed by atoms with van der Waals surface area (Å²) in [5, 5.41) is 6.77. The first-order valence-electron chi connectivity index (χ1n) is 10.8. The molecule has 3 rings (SSSR count). The first-order valence-corrected chi connectivity index (χ1v) is 11.2. The molecule has 160 valence electrons. The van der Waals surface area contributed by atoms with Crippen LogP contribution in [0.15, 0.2) is 24.3 Å². The molecule has 0 saturated carbocycles. The van der Waals surface area contributed by atoms with Crippen LogP contribution in [0.2, 0.25) is 5.02 Å². The monoisotopic (exact) mass is 420 g/mol. The smallest absolute Gasteiger partial charge is 0.234 e. The highest BCUT2D eigenvalue weighted by Gasteiger charge is 2.28. The second-order valence-corrected chi connectivity index (χ2v) is 8.46. The predicted molar refractivity (Wildman–Crippen MR) is 116 cm³/mol. The summed E-state index contributed by atoms with van der Waals surface area (Å²) in [4.78, 5) is 29.3. The van der Waals surface area contributed by atoms with Crippen LogP contribution in [0.25, 0.3) is 0 Å². The van der Waals surface area contributed by atoms with Gasteiger partial charge in [-0.15, -0.1) is 0 Å². The van der Waals surface area contributed by atoms with Gasteiger partial charge in [-0.25, -0.2) is 0 Å². The van der Waals surface area contributed by atoms with Crippen molar-refractivity contribution in [1.29, 1.82) is 0 Å². The average molecular weight is 421 g/mol. The number of carbonyl (C=O) groups is 2. The van der Waals surface area contributed by atoms with Crippen molar-refractivity contribution in [1.82, 2.24) is 20.4 Å². The van der Waals surface area contributed by atoms with E-state index in [1.807, 2.05) is 25.1 Å². The molecule has 1 aromatic rings. The topological polar surface area (TPSA) is 64.7 Å². The van der Waals surface area contributed by atoms with Crippen molar-refractivity contribution < 1.29 is 9.59 Å². The first kappa shape index (κ1) is 22.1. The summed E-state index contributed by atoms with van der Waals surface area (Å²) < 4.78 is 0. The molecule has 0 spiro atoms. The molecular weight excluding hydrogens is 388 g/mol. The third kappa shape index (κ3) is 6.17. The van der Waals surface area contributed by atoms with E-state index < -0.39 is 0 Å². The van der Waals surface area contributed by atoms with Crippen molar-refractivity contribution in [3.63, 3.8) is 0 Å². The SMILES string of the molecule is CCNC(=O)C1CCCN(CC(=O)NCC(c2ccccc2Cl)N2CCCC2)C1. The van der Waals surface area contributed by atoms with E-state index in [1.54, 1.807) is 0 Å². The molecule has 2 unspecified atom stereocenters. The van der Waals surface area contributed by atoms with Crippen molar-refractivity contribution in [3.05, 3.63) is 34.9 Å². The maximum absolute atomic E-state index is 12.6. The lowest BCUT2D eigenvalue weighted by molar-refractivity contribution is -0.128. The van der Waals surface area contributed by atoms with E-state index in [9.17, 15) is 9.59 Å². The molecule has 7 heteroatoms. The highest BCUT2D eigenvalue weighted by Crippen LogP contribution is 2.29. The van der Waals surface area contributed by atoms with E-state index in [0.29, 0.717) is 26.2 Å². The van der Waals surface area contributed by atoms with Crippen LogP contribution in [-0.2, 0) is 9.59 Å². The molecule has 2 atom stereocenters. The van der Waals surface area contributed by atoms with Gasteiger partial charge in [-0.2, -0.15) is 0 Å². The second kappa shape index (κ2) is 11.0. The van der Waals surface area contributed by atoms with Crippen LogP contribution in [0.5, 0.6) is 0 Å². The van der Waals surface area contributed by atoms with Gasteiger partial charge in [-0.3, -0.25) is 19.4 Å². The number of rotatable bonds is 8. The number of hydrogen-bond acceptors (Lipinski definition) is 4. The van der Waals surface area contributed by atoms with Crippen LogP contribution in [0.3, 0.4) is 0 Å². The van der Waals surface area contributed by atoms with Gasteiger partial charge in [0.25, 0.3) is 0 Å². The minimum atomic E-state index is -0.0167. The second-order valence-electron chi connectivity index (χ2n) is 8.05. The predicted octanol–water partition coefficient (Wildman–Crippen LogP) is 2.44. The summed E-state index contributed by atoms with van der Waals surface area (Å²) in [5.41, 5.74) is 1.07. The Balaban J connectivity index is 1.55. The van der Waals surface area contributed by atoms with Gasteiger partial charge < -0.3 is 10.6 Å². The fourth-order valence-corrected chi connectivity index (χ4v) is 4.70. The molecule has 2 N–H and O–H groups in total. The Bertz CT molecular complexity index is 693. The van der Waals surface area contributed by atoms with Gasteiger partial charge in [0.2, 0.25) is 11.8 Å². The van der Waals surface area contributed by atoms with Gasteiger partial charge in [0.15, 0.2) is 0 Å². The number of nitrogens with one attached hydrogen (secondary N) is 2. The zero-order valence-electron chi connectivity index (χ0n) is 17.3. The molecule has 2 saturated heterocycles. The number of piperidine rings is 1. The molecule has 0 aliphatic carbocycles. The lowest BCUT2D eigenvalue weighted by atomic mass is 9.97. The molecule has 0 aromatic heterocycles. The van der Waals surface area contributed by atoms with E-state index in [2.05, 4.69) is 26.5 Å². The average Bonchev–Trinajstić information content (AvgIpc) is 3.24. The number of benzene rings is 1. The van der Waals surface area contributed by atoms with Crippen molar-refractivity contribution in [2.24, 2.45) is 5.92 Å². The summed E-state index contributed by atoms with van der Waals surface area (Å²) in [6.45, 7) is 7.06. The molecule has 2 aliphatic rings. The Morgan fingerprint density at radius 1 is 1.14 bits per heavy atom. The van der Waals surface area contributed by atoms with Gasteiger partial charge in [0.05, 0.1) is 18.5 Å².